The highest BCUT2D eigenvalue weighted by Gasteiger charge is 2.06. The maximum Gasteiger partial charge on any atom is 0.205 e. The molecule has 0 atom stereocenters. The maximum absolute atomic E-state index is 4.39. The van der Waals surface area contributed by atoms with Crippen molar-refractivity contribution < 1.29 is 0 Å². The van der Waals surface area contributed by atoms with Gasteiger partial charge in [-0.1, -0.05) is 18.3 Å². The van der Waals surface area contributed by atoms with Gasteiger partial charge in [0.15, 0.2) is 0 Å². The van der Waals surface area contributed by atoms with Gasteiger partial charge in [0, 0.05) is 4.88 Å². The van der Waals surface area contributed by atoms with E-state index >= 15 is 0 Å². The van der Waals surface area contributed by atoms with Crippen LogP contribution in [0.1, 0.15) is 27.5 Å². The molecule has 1 N–H and O–H groups in total. The molecule has 2 heterocycles. The second-order valence-electron chi connectivity index (χ2n) is 3.45. The Morgan fingerprint density at radius 2 is 2.00 bits per heavy atom. The number of thiazole rings is 1. The average Bonchev–Trinajstić information content (AvgIpc) is 2.82. The molecule has 0 fully saturated rings. The molecule has 0 aromatic carbocycles. The SMILES string of the molecule is CCc1nnc(NCc2sc(C)nc2C)s1. The van der Waals surface area contributed by atoms with Crippen LogP contribution in [0.2, 0.25) is 0 Å². The third-order valence-electron chi connectivity index (χ3n) is 2.17. The first-order valence-electron chi connectivity index (χ1n) is 5.18. The summed E-state index contributed by atoms with van der Waals surface area (Å²) in [6, 6.07) is 0. The summed E-state index contributed by atoms with van der Waals surface area (Å²) in [5, 5.41) is 14.5. The molecule has 0 aliphatic carbocycles. The van der Waals surface area contributed by atoms with E-state index < -0.39 is 0 Å². The standard InChI is InChI=1S/C10H14N4S2/c1-4-9-13-14-10(16-9)11-5-8-6(2)12-7(3)15-8/h4-5H2,1-3H3,(H,11,14). The molecule has 2 aromatic heterocycles. The largest absolute Gasteiger partial charge is 0.355 e. The van der Waals surface area contributed by atoms with Crippen LogP contribution in [0.3, 0.4) is 0 Å². The lowest BCUT2D eigenvalue weighted by molar-refractivity contribution is 0.975. The summed E-state index contributed by atoms with van der Waals surface area (Å²) >= 11 is 3.34. The minimum atomic E-state index is 0.787. The number of anilines is 1. The van der Waals surface area contributed by atoms with Crippen LogP contribution in [-0.2, 0) is 13.0 Å². The molecule has 0 saturated carbocycles. The lowest BCUT2D eigenvalue weighted by Gasteiger charge is -1.98. The number of nitrogens with one attached hydrogen (secondary N) is 1. The second-order valence-corrected chi connectivity index (χ2v) is 5.80. The van der Waals surface area contributed by atoms with Crippen molar-refractivity contribution in [3.05, 3.63) is 20.6 Å². The van der Waals surface area contributed by atoms with E-state index in [4.69, 9.17) is 0 Å². The van der Waals surface area contributed by atoms with E-state index in [2.05, 4.69) is 27.4 Å². The summed E-state index contributed by atoms with van der Waals surface area (Å²) in [6.07, 6.45) is 0.943. The van der Waals surface area contributed by atoms with Crippen LogP contribution in [-0.4, -0.2) is 15.2 Å². The Labute approximate surface area is 103 Å². The van der Waals surface area contributed by atoms with Gasteiger partial charge in [-0.25, -0.2) is 4.98 Å². The Morgan fingerprint density at radius 3 is 2.56 bits per heavy atom. The van der Waals surface area contributed by atoms with Crippen molar-refractivity contribution in [2.45, 2.75) is 33.7 Å². The molecular weight excluding hydrogens is 240 g/mol. The molecule has 0 amide bonds. The first-order chi connectivity index (χ1) is 7.69. The summed E-state index contributed by atoms with van der Waals surface area (Å²) in [7, 11) is 0. The maximum atomic E-state index is 4.39. The Hall–Kier alpha value is -1.01. The smallest absolute Gasteiger partial charge is 0.205 e. The molecule has 0 spiro atoms. The number of nitrogens with zero attached hydrogens (tertiary/aromatic N) is 3. The number of hydrogen-bond acceptors (Lipinski definition) is 6. The van der Waals surface area contributed by atoms with Crippen LogP contribution in [0.15, 0.2) is 0 Å². The van der Waals surface area contributed by atoms with Gasteiger partial charge in [0.05, 0.1) is 17.2 Å². The van der Waals surface area contributed by atoms with Gasteiger partial charge in [-0.2, -0.15) is 0 Å². The molecule has 2 aromatic rings. The Bertz CT molecular complexity index is 475. The summed E-state index contributed by atoms with van der Waals surface area (Å²) in [5.74, 6) is 0. The second kappa shape index (κ2) is 4.88. The van der Waals surface area contributed by atoms with E-state index in [9.17, 15) is 0 Å². The Kier molecular flexibility index (Phi) is 3.50. The lowest BCUT2D eigenvalue weighted by atomic mass is 10.4. The van der Waals surface area contributed by atoms with Crippen molar-refractivity contribution in [2.24, 2.45) is 0 Å². The van der Waals surface area contributed by atoms with Crippen LogP contribution in [0.4, 0.5) is 5.13 Å². The van der Waals surface area contributed by atoms with E-state index in [-0.39, 0.29) is 0 Å². The summed E-state index contributed by atoms with van der Waals surface area (Å²) < 4.78 is 0. The zero-order valence-electron chi connectivity index (χ0n) is 9.57. The molecule has 0 bridgehead atoms. The van der Waals surface area contributed by atoms with Gasteiger partial charge in [-0.15, -0.1) is 21.5 Å². The van der Waals surface area contributed by atoms with Gasteiger partial charge in [-0.05, 0) is 20.3 Å². The van der Waals surface area contributed by atoms with E-state index in [1.54, 1.807) is 22.7 Å². The first kappa shape index (κ1) is 11.5. The molecule has 4 nitrogen and oxygen atoms in total. The highest BCUT2D eigenvalue weighted by atomic mass is 32.1. The van der Waals surface area contributed by atoms with Crippen LogP contribution in [0.5, 0.6) is 0 Å². The fraction of sp³-hybridized carbons (Fsp3) is 0.500. The van der Waals surface area contributed by atoms with Crippen molar-refractivity contribution in [2.75, 3.05) is 5.32 Å². The monoisotopic (exact) mass is 254 g/mol. The van der Waals surface area contributed by atoms with Gasteiger partial charge in [0.1, 0.15) is 5.01 Å². The highest BCUT2D eigenvalue weighted by Crippen LogP contribution is 2.20. The van der Waals surface area contributed by atoms with Crippen LogP contribution in [0.25, 0.3) is 0 Å². The molecule has 6 heteroatoms. The third kappa shape index (κ3) is 2.56. The molecule has 2 rings (SSSR count). The summed E-state index contributed by atoms with van der Waals surface area (Å²) in [4.78, 5) is 5.66. The van der Waals surface area contributed by atoms with Crippen LogP contribution < -0.4 is 5.32 Å². The van der Waals surface area contributed by atoms with Gasteiger partial charge >= 0.3 is 0 Å². The van der Waals surface area contributed by atoms with E-state index in [0.29, 0.717) is 0 Å². The first-order valence-corrected chi connectivity index (χ1v) is 6.81. The minimum Gasteiger partial charge on any atom is -0.355 e. The molecule has 0 aliphatic heterocycles. The highest BCUT2D eigenvalue weighted by molar-refractivity contribution is 7.15. The molecule has 86 valence electrons. The molecule has 0 aliphatic rings. The van der Waals surface area contributed by atoms with E-state index in [1.165, 1.54) is 4.88 Å². The lowest BCUT2D eigenvalue weighted by Crippen LogP contribution is -1.98. The predicted octanol–water partition coefficient (Wildman–Crippen LogP) is 2.79. The summed E-state index contributed by atoms with van der Waals surface area (Å²) in [5.41, 5.74) is 1.11. The average molecular weight is 254 g/mol. The van der Waals surface area contributed by atoms with Crippen LogP contribution >= 0.6 is 22.7 Å². The fourth-order valence-corrected chi connectivity index (χ4v) is 2.91. The molecular formula is C10H14N4S2. The number of aryl methyl sites for hydroxylation is 3. The predicted molar refractivity (Wildman–Crippen MR) is 68.2 cm³/mol. The number of hydrogen-bond donors (Lipinski definition) is 1. The Morgan fingerprint density at radius 1 is 1.19 bits per heavy atom. The molecule has 0 unspecified atom stereocenters. The molecule has 0 radical (unpaired) electrons. The quantitative estimate of drug-likeness (QED) is 0.911. The zero-order valence-corrected chi connectivity index (χ0v) is 11.2. The van der Waals surface area contributed by atoms with Crippen molar-refractivity contribution in [1.29, 1.82) is 0 Å². The number of aromatic nitrogens is 3. The van der Waals surface area contributed by atoms with Crippen molar-refractivity contribution in [1.82, 2.24) is 15.2 Å². The zero-order chi connectivity index (χ0) is 11.5. The normalized spacial score (nSPS) is 10.7. The third-order valence-corrected chi connectivity index (χ3v) is 4.27. The van der Waals surface area contributed by atoms with Gasteiger partial charge in [0.2, 0.25) is 5.13 Å². The van der Waals surface area contributed by atoms with E-state index in [1.807, 2.05) is 13.8 Å². The van der Waals surface area contributed by atoms with Gasteiger partial charge < -0.3 is 5.32 Å². The van der Waals surface area contributed by atoms with Gasteiger partial charge in [-0.3, -0.25) is 0 Å². The van der Waals surface area contributed by atoms with Crippen molar-refractivity contribution in [3.8, 4) is 0 Å². The summed E-state index contributed by atoms with van der Waals surface area (Å²) in [6.45, 7) is 6.94. The topological polar surface area (TPSA) is 50.7 Å². The van der Waals surface area contributed by atoms with Crippen molar-refractivity contribution >= 4 is 27.8 Å². The molecule has 0 saturated heterocycles. The Balaban J connectivity index is 1.99. The van der Waals surface area contributed by atoms with Gasteiger partial charge in [0.25, 0.3) is 0 Å². The minimum absolute atomic E-state index is 0.787. The van der Waals surface area contributed by atoms with E-state index in [0.717, 1.165) is 33.8 Å². The fourth-order valence-electron chi connectivity index (χ4n) is 1.36. The number of rotatable bonds is 4. The van der Waals surface area contributed by atoms with Crippen molar-refractivity contribution in [3.63, 3.8) is 0 Å². The molecule has 16 heavy (non-hydrogen) atoms. The van der Waals surface area contributed by atoms with Crippen LogP contribution in [0, 0.1) is 13.8 Å².